The fourth-order valence-corrected chi connectivity index (χ4v) is 3.38. The minimum Gasteiger partial charge on any atom is -0.474 e. The highest BCUT2D eigenvalue weighted by molar-refractivity contribution is 5.88. The van der Waals surface area contributed by atoms with Gasteiger partial charge in [0.2, 0.25) is 5.88 Å². The molecule has 0 atom stereocenters. The summed E-state index contributed by atoms with van der Waals surface area (Å²) in [6, 6.07) is 14.9. The molecular formula is C24H21F2N3O2. The van der Waals surface area contributed by atoms with Gasteiger partial charge in [-0.15, -0.1) is 0 Å². The van der Waals surface area contributed by atoms with Crippen LogP contribution in [0.5, 0.6) is 5.88 Å². The summed E-state index contributed by atoms with van der Waals surface area (Å²) in [6.45, 7) is 5.53. The van der Waals surface area contributed by atoms with Crippen molar-refractivity contribution >= 4 is 22.4 Å². The van der Waals surface area contributed by atoms with Crippen molar-refractivity contribution in [3.63, 3.8) is 0 Å². The molecule has 0 bridgehead atoms. The smallest absolute Gasteiger partial charge is 0.227 e. The van der Waals surface area contributed by atoms with Crippen LogP contribution >= 0.6 is 0 Å². The van der Waals surface area contributed by atoms with E-state index >= 15 is 0 Å². The van der Waals surface area contributed by atoms with Crippen LogP contribution in [0.3, 0.4) is 0 Å². The van der Waals surface area contributed by atoms with Gasteiger partial charge in [0.25, 0.3) is 0 Å². The number of fused-ring (bicyclic) bond motifs is 1. The molecule has 0 aliphatic rings. The van der Waals surface area contributed by atoms with E-state index in [1.807, 2.05) is 20.8 Å². The van der Waals surface area contributed by atoms with Gasteiger partial charge >= 0.3 is 0 Å². The molecule has 0 spiro atoms. The van der Waals surface area contributed by atoms with Crippen molar-refractivity contribution < 1.29 is 13.5 Å². The monoisotopic (exact) mass is 421 g/mol. The summed E-state index contributed by atoms with van der Waals surface area (Å²) in [6.07, 6.45) is -0.173. The van der Waals surface area contributed by atoms with Gasteiger partial charge in [0.1, 0.15) is 22.8 Å². The number of aryl methyl sites for hydroxylation is 1. The second-order valence-electron chi connectivity index (χ2n) is 7.47. The van der Waals surface area contributed by atoms with Gasteiger partial charge < -0.3 is 10.1 Å². The predicted octanol–water partition coefficient (Wildman–Crippen LogP) is 5.50. The quantitative estimate of drug-likeness (QED) is 0.462. The number of halogens is 2. The van der Waals surface area contributed by atoms with Gasteiger partial charge in [0, 0.05) is 23.1 Å². The van der Waals surface area contributed by atoms with E-state index in [1.165, 1.54) is 30.3 Å². The summed E-state index contributed by atoms with van der Waals surface area (Å²) in [5, 5.41) is 3.49. The molecule has 4 rings (SSSR count). The van der Waals surface area contributed by atoms with Crippen molar-refractivity contribution in [2.24, 2.45) is 0 Å². The van der Waals surface area contributed by atoms with E-state index in [0.29, 0.717) is 33.8 Å². The lowest BCUT2D eigenvalue weighted by Gasteiger charge is -2.20. The van der Waals surface area contributed by atoms with E-state index in [-0.39, 0.29) is 29.0 Å². The van der Waals surface area contributed by atoms with E-state index in [4.69, 9.17) is 4.74 Å². The molecule has 0 saturated heterocycles. The Bertz CT molecular complexity index is 1300. The summed E-state index contributed by atoms with van der Waals surface area (Å²) >= 11 is 0. The van der Waals surface area contributed by atoms with Crippen LogP contribution in [-0.4, -0.2) is 15.7 Å². The van der Waals surface area contributed by atoms with Crippen LogP contribution in [0, 0.1) is 18.6 Å². The number of anilines is 2. The van der Waals surface area contributed by atoms with E-state index < -0.39 is 0 Å². The molecule has 2 aromatic carbocycles. The van der Waals surface area contributed by atoms with Crippen LogP contribution in [0.1, 0.15) is 19.5 Å². The average molecular weight is 421 g/mol. The van der Waals surface area contributed by atoms with Gasteiger partial charge in [-0.2, -0.15) is 0 Å². The van der Waals surface area contributed by atoms with Crippen LogP contribution in [0.4, 0.5) is 20.3 Å². The van der Waals surface area contributed by atoms with E-state index in [0.717, 1.165) is 0 Å². The van der Waals surface area contributed by atoms with Crippen LogP contribution < -0.4 is 15.5 Å². The highest BCUT2D eigenvalue weighted by Crippen LogP contribution is 2.30. The average Bonchev–Trinajstić information content (AvgIpc) is 2.70. The first-order chi connectivity index (χ1) is 14.8. The van der Waals surface area contributed by atoms with Crippen molar-refractivity contribution in [3.05, 3.63) is 88.2 Å². The van der Waals surface area contributed by atoms with Gasteiger partial charge in [-0.05, 0) is 75.4 Å². The first-order valence-corrected chi connectivity index (χ1v) is 9.84. The summed E-state index contributed by atoms with van der Waals surface area (Å²) < 4.78 is 34.5. The molecule has 0 saturated carbocycles. The molecule has 31 heavy (non-hydrogen) atoms. The number of hydrogen-bond acceptors (Lipinski definition) is 4. The second kappa shape index (κ2) is 8.18. The lowest BCUT2D eigenvalue weighted by Crippen LogP contribution is -2.16. The highest BCUT2D eigenvalue weighted by atomic mass is 19.1. The van der Waals surface area contributed by atoms with Crippen LogP contribution in [0.15, 0.2) is 65.5 Å². The molecule has 0 aliphatic carbocycles. The molecule has 4 aromatic rings. The van der Waals surface area contributed by atoms with Crippen molar-refractivity contribution in [1.29, 1.82) is 0 Å². The number of pyridine rings is 2. The second-order valence-corrected chi connectivity index (χ2v) is 7.47. The van der Waals surface area contributed by atoms with E-state index in [1.54, 1.807) is 34.9 Å². The van der Waals surface area contributed by atoms with Gasteiger partial charge in [0.05, 0.1) is 11.6 Å². The fraction of sp³-hybridized carbons (Fsp3) is 0.167. The molecule has 5 nitrogen and oxygen atoms in total. The lowest BCUT2D eigenvalue weighted by molar-refractivity contribution is 0.235. The maximum absolute atomic E-state index is 13.6. The maximum atomic E-state index is 13.6. The Morgan fingerprint density at radius 1 is 0.968 bits per heavy atom. The van der Waals surface area contributed by atoms with Crippen LogP contribution in [0.25, 0.3) is 16.6 Å². The molecule has 2 heterocycles. The number of ether oxygens (including phenoxy) is 1. The van der Waals surface area contributed by atoms with Crippen molar-refractivity contribution in [2.45, 2.75) is 26.9 Å². The molecule has 2 aromatic heterocycles. The zero-order chi connectivity index (χ0) is 22.1. The molecule has 0 amide bonds. The molecule has 7 heteroatoms. The number of benzene rings is 2. The molecule has 158 valence electrons. The number of hydrogen-bond donors (Lipinski definition) is 1. The third kappa shape index (κ3) is 4.26. The fourth-order valence-electron chi connectivity index (χ4n) is 3.38. The Morgan fingerprint density at radius 2 is 1.58 bits per heavy atom. The van der Waals surface area contributed by atoms with Gasteiger partial charge in [-0.3, -0.25) is 9.36 Å². The van der Waals surface area contributed by atoms with E-state index in [2.05, 4.69) is 10.3 Å². The summed E-state index contributed by atoms with van der Waals surface area (Å²) in [7, 11) is 0. The summed E-state index contributed by atoms with van der Waals surface area (Å²) in [4.78, 5) is 17.5. The zero-order valence-electron chi connectivity index (χ0n) is 17.3. The van der Waals surface area contributed by atoms with Crippen LogP contribution in [0.2, 0.25) is 0 Å². The number of nitrogens with one attached hydrogen (secondary N) is 1. The molecule has 0 unspecified atom stereocenters. The summed E-state index contributed by atoms with van der Waals surface area (Å²) in [5.41, 5.74) is 2.18. The zero-order valence-corrected chi connectivity index (χ0v) is 17.3. The van der Waals surface area contributed by atoms with Crippen molar-refractivity contribution in [2.75, 3.05) is 5.32 Å². The number of rotatable bonds is 5. The van der Waals surface area contributed by atoms with Gasteiger partial charge in [-0.25, -0.2) is 13.8 Å². The topological polar surface area (TPSA) is 56.1 Å². The Balaban J connectivity index is 2.02. The largest absolute Gasteiger partial charge is 0.474 e. The molecule has 0 fully saturated rings. The third-order valence-electron chi connectivity index (χ3n) is 4.64. The highest BCUT2D eigenvalue weighted by Gasteiger charge is 2.18. The van der Waals surface area contributed by atoms with Crippen LogP contribution in [-0.2, 0) is 0 Å². The Morgan fingerprint density at radius 3 is 2.19 bits per heavy atom. The summed E-state index contributed by atoms with van der Waals surface area (Å²) in [5.74, 6) is -0.0445. The van der Waals surface area contributed by atoms with Crippen molar-refractivity contribution in [3.8, 4) is 11.6 Å². The Labute approximate surface area is 177 Å². The van der Waals surface area contributed by atoms with Gasteiger partial charge in [0.15, 0.2) is 5.43 Å². The minimum atomic E-state index is -0.371. The Hall–Kier alpha value is -3.74. The number of aromatic nitrogens is 2. The normalized spacial score (nSPS) is 11.2. The molecule has 1 N–H and O–H groups in total. The lowest BCUT2D eigenvalue weighted by atomic mass is 10.2. The third-order valence-corrected chi connectivity index (χ3v) is 4.64. The molecular weight excluding hydrogens is 400 g/mol. The standard InChI is InChI=1S/C24H21F2N3O2/c1-14(2)31-24-23-20(12-15(3)27-24)29(19-10-6-17(26)7-11-19)22(13-21(23)30)28-18-8-4-16(25)5-9-18/h4-14,28H,1-3H3. The SMILES string of the molecule is Cc1cc2c(c(OC(C)C)n1)c(=O)cc(Nc1ccc(F)cc1)n2-c1ccc(F)cc1. The first kappa shape index (κ1) is 20.5. The van der Waals surface area contributed by atoms with E-state index in [9.17, 15) is 13.6 Å². The van der Waals surface area contributed by atoms with Gasteiger partial charge in [-0.1, -0.05) is 0 Å². The first-order valence-electron chi connectivity index (χ1n) is 9.84. The van der Waals surface area contributed by atoms with Crippen molar-refractivity contribution in [1.82, 2.24) is 9.55 Å². The predicted molar refractivity (Wildman–Crippen MR) is 117 cm³/mol. The maximum Gasteiger partial charge on any atom is 0.227 e. The molecule has 0 radical (unpaired) electrons. The number of nitrogens with zero attached hydrogens (tertiary/aromatic N) is 2. The molecule has 0 aliphatic heterocycles. The minimum absolute atomic E-state index is 0.173. The Kier molecular flexibility index (Phi) is 5.42.